The molecule has 242 valence electrons. The van der Waals surface area contributed by atoms with Crippen molar-refractivity contribution in [2.75, 3.05) is 0 Å². The number of hydrogen-bond acceptors (Lipinski definition) is 2. The highest BCUT2D eigenvalue weighted by Crippen LogP contribution is 2.60. The lowest BCUT2D eigenvalue weighted by molar-refractivity contribution is 0.670. The Balaban J connectivity index is 1.21. The minimum absolute atomic E-state index is 0.577. The fourth-order valence-electron chi connectivity index (χ4n) is 9.04. The summed E-state index contributed by atoms with van der Waals surface area (Å²) in [4.78, 5) is 5.03. The molecule has 2 heterocycles. The fraction of sp³-hybridized carbons (Fsp3) is 0.0200. The number of aromatic nitrogens is 1. The molecule has 0 atom stereocenters. The van der Waals surface area contributed by atoms with Gasteiger partial charge in [-0.15, -0.1) is 0 Å². The van der Waals surface area contributed by atoms with Gasteiger partial charge in [0.15, 0.2) is 0 Å². The van der Waals surface area contributed by atoms with Gasteiger partial charge in [0.05, 0.1) is 10.9 Å². The average molecular weight is 662 g/mol. The zero-order valence-electron chi connectivity index (χ0n) is 28.3. The minimum atomic E-state index is -0.577. The molecule has 0 bridgehead atoms. The van der Waals surface area contributed by atoms with Crippen LogP contribution < -0.4 is 0 Å². The van der Waals surface area contributed by atoms with E-state index in [0.717, 1.165) is 44.1 Å². The molecule has 0 saturated carbocycles. The first-order chi connectivity index (χ1) is 25.8. The molecule has 0 aliphatic heterocycles. The Morgan fingerprint density at radius 2 is 1.06 bits per heavy atom. The molecule has 1 aliphatic carbocycles. The maximum atomic E-state index is 6.47. The first kappa shape index (κ1) is 29.0. The molecule has 0 saturated heterocycles. The first-order valence-electron chi connectivity index (χ1n) is 17.9. The lowest BCUT2D eigenvalue weighted by atomic mass is 9.66. The number of benzene rings is 8. The average Bonchev–Trinajstić information content (AvgIpc) is 3.76. The Hall–Kier alpha value is -6.77. The van der Waals surface area contributed by atoms with E-state index in [0.29, 0.717) is 0 Å². The van der Waals surface area contributed by atoms with Crippen LogP contribution in [0.5, 0.6) is 0 Å². The van der Waals surface area contributed by atoms with Gasteiger partial charge in [-0.3, -0.25) is 4.98 Å². The van der Waals surface area contributed by atoms with Gasteiger partial charge in [0.25, 0.3) is 0 Å². The number of pyridine rings is 1. The van der Waals surface area contributed by atoms with Crippen molar-refractivity contribution < 1.29 is 4.42 Å². The highest BCUT2D eigenvalue weighted by atomic mass is 16.3. The van der Waals surface area contributed by atoms with Gasteiger partial charge in [-0.25, -0.2) is 0 Å². The second kappa shape index (κ2) is 11.1. The number of rotatable bonds is 4. The van der Waals surface area contributed by atoms with Gasteiger partial charge in [0.1, 0.15) is 11.2 Å². The molecule has 11 rings (SSSR count). The van der Waals surface area contributed by atoms with E-state index in [-0.39, 0.29) is 0 Å². The van der Waals surface area contributed by atoms with Crippen LogP contribution in [0, 0.1) is 0 Å². The molecule has 0 N–H and O–H groups in total. The fourth-order valence-corrected chi connectivity index (χ4v) is 9.04. The molecule has 10 aromatic rings. The largest absolute Gasteiger partial charge is 0.455 e. The van der Waals surface area contributed by atoms with Crippen molar-refractivity contribution in [1.82, 2.24) is 4.98 Å². The number of para-hydroxylation sites is 2. The van der Waals surface area contributed by atoms with Gasteiger partial charge < -0.3 is 4.42 Å². The molecule has 0 spiro atoms. The molecule has 2 aromatic heterocycles. The molecular weight excluding hydrogens is 631 g/mol. The van der Waals surface area contributed by atoms with Crippen LogP contribution in [0.3, 0.4) is 0 Å². The minimum Gasteiger partial charge on any atom is -0.455 e. The van der Waals surface area contributed by atoms with E-state index >= 15 is 0 Å². The second-order valence-electron chi connectivity index (χ2n) is 13.8. The third kappa shape index (κ3) is 3.98. The monoisotopic (exact) mass is 661 g/mol. The highest BCUT2D eigenvalue weighted by Gasteiger charge is 2.48. The Morgan fingerprint density at radius 3 is 1.87 bits per heavy atom. The summed E-state index contributed by atoms with van der Waals surface area (Å²) in [6, 6.07) is 66.0. The summed E-state index contributed by atoms with van der Waals surface area (Å²) in [5, 5.41) is 5.87. The van der Waals surface area contributed by atoms with Gasteiger partial charge >= 0.3 is 0 Å². The number of furan rings is 1. The molecule has 52 heavy (non-hydrogen) atoms. The lowest BCUT2D eigenvalue weighted by Gasteiger charge is -2.35. The van der Waals surface area contributed by atoms with Crippen molar-refractivity contribution in [2.24, 2.45) is 0 Å². The Morgan fingerprint density at radius 1 is 0.423 bits per heavy atom. The van der Waals surface area contributed by atoms with Crippen molar-refractivity contribution in [1.29, 1.82) is 0 Å². The zero-order chi connectivity index (χ0) is 34.2. The van der Waals surface area contributed by atoms with E-state index in [1.54, 1.807) is 0 Å². The van der Waals surface area contributed by atoms with Gasteiger partial charge in [-0.05, 0) is 79.7 Å². The van der Waals surface area contributed by atoms with Crippen LogP contribution in [-0.2, 0) is 5.41 Å². The predicted molar refractivity (Wildman–Crippen MR) is 215 cm³/mol. The molecule has 2 nitrogen and oxygen atoms in total. The van der Waals surface area contributed by atoms with Gasteiger partial charge in [-0.2, -0.15) is 0 Å². The Labute approximate surface area is 301 Å². The van der Waals surface area contributed by atoms with Crippen LogP contribution in [0.15, 0.2) is 193 Å². The summed E-state index contributed by atoms with van der Waals surface area (Å²) in [5.74, 6) is 0. The van der Waals surface area contributed by atoms with Crippen molar-refractivity contribution in [2.45, 2.75) is 5.41 Å². The Bertz CT molecular complexity index is 2970. The summed E-state index contributed by atoms with van der Waals surface area (Å²) in [7, 11) is 0. The summed E-state index contributed by atoms with van der Waals surface area (Å²) in [6.07, 6.45) is 1.92. The van der Waals surface area contributed by atoms with Gasteiger partial charge in [-0.1, -0.05) is 158 Å². The standard InChI is InChI=1S/C50H31NO/c1-3-16-35(17-4-1)50(36-18-5-2-6-19-36)44-31-33(27-28-42(44)46-39-21-7-8-22-40(39)48-43(47(46)50)25-13-29-51-48)32-14-11-15-34(30-32)37-23-12-24-41-38-20-9-10-26-45(38)52-49(37)41/h1-31H. The van der Waals surface area contributed by atoms with Crippen molar-refractivity contribution in [3.63, 3.8) is 0 Å². The van der Waals surface area contributed by atoms with Crippen LogP contribution in [0.25, 0.3) is 77.0 Å². The first-order valence-corrected chi connectivity index (χ1v) is 17.9. The molecule has 8 aromatic carbocycles. The summed E-state index contributed by atoms with van der Waals surface area (Å²) in [5.41, 5.74) is 14.5. The topological polar surface area (TPSA) is 26.0 Å². The normalized spacial score (nSPS) is 13.2. The molecule has 0 unspecified atom stereocenters. The molecular formula is C50H31NO. The molecule has 0 fully saturated rings. The predicted octanol–water partition coefficient (Wildman–Crippen LogP) is 13.0. The SMILES string of the molecule is c1ccc(C2(c3ccccc3)c3cc(-c4cccc(-c5cccc6c5oc5ccccc56)c4)ccc3-c3c2c2cccnc2c2ccccc32)cc1. The van der Waals surface area contributed by atoms with Crippen molar-refractivity contribution in [3.8, 4) is 33.4 Å². The number of hydrogen-bond donors (Lipinski definition) is 0. The van der Waals surface area contributed by atoms with Gasteiger partial charge in [0.2, 0.25) is 0 Å². The smallest absolute Gasteiger partial charge is 0.143 e. The van der Waals surface area contributed by atoms with E-state index < -0.39 is 5.41 Å². The second-order valence-corrected chi connectivity index (χ2v) is 13.8. The van der Waals surface area contributed by atoms with E-state index in [9.17, 15) is 0 Å². The van der Waals surface area contributed by atoms with E-state index in [4.69, 9.17) is 9.40 Å². The number of nitrogens with zero attached hydrogens (tertiary/aromatic N) is 1. The zero-order valence-corrected chi connectivity index (χ0v) is 28.3. The summed E-state index contributed by atoms with van der Waals surface area (Å²) < 4.78 is 6.47. The third-order valence-electron chi connectivity index (χ3n) is 11.2. The van der Waals surface area contributed by atoms with Crippen molar-refractivity contribution in [3.05, 3.63) is 210 Å². The van der Waals surface area contributed by atoms with Crippen LogP contribution >= 0.6 is 0 Å². The molecule has 2 heteroatoms. The molecule has 0 amide bonds. The van der Waals surface area contributed by atoms with Crippen LogP contribution in [-0.4, -0.2) is 4.98 Å². The number of fused-ring (bicyclic) bond motifs is 11. The summed E-state index contributed by atoms with van der Waals surface area (Å²) >= 11 is 0. The van der Waals surface area contributed by atoms with Crippen LogP contribution in [0.1, 0.15) is 22.3 Å². The maximum absolute atomic E-state index is 6.47. The molecule has 0 radical (unpaired) electrons. The Kier molecular flexibility index (Phi) is 6.20. The van der Waals surface area contributed by atoms with Crippen molar-refractivity contribution >= 4 is 43.6 Å². The summed E-state index contributed by atoms with van der Waals surface area (Å²) in [6.45, 7) is 0. The van der Waals surface area contributed by atoms with E-state index in [1.807, 2.05) is 18.3 Å². The van der Waals surface area contributed by atoms with E-state index in [2.05, 4.69) is 170 Å². The lowest BCUT2D eigenvalue weighted by Crippen LogP contribution is -2.29. The van der Waals surface area contributed by atoms with Gasteiger partial charge in [0, 0.05) is 33.3 Å². The van der Waals surface area contributed by atoms with E-state index in [1.165, 1.54) is 55.1 Å². The van der Waals surface area contributed by atoms with Crippen LogP contribution in [0.4, 0.5) is 0 Å². The quantitative estimate of drug-likeness (QED) is 0.175. The third-order valence-corrected chi connectivity index (χ3v) is 11.2. The maximum Gasteiger partial charge on any atom is 0.143 e. The highest BCUT2D eigenvalue weighted by molar-refractivity contribution is 6.18. The molecule has 1 aliphatic rings. The van der Waals surface area contributed by atoms with Crippen LogP contribution in [0.2, 0.25) is 0 Å².